The predicted octanol–water partition coefficient (Wildman–Crippen LogP) is 27.9. The van der Waals surface area contributed by atoms with E-state index in [1.54, 1.807) is 0 Å². The molecule has 0 aliphatic rings. The lowest BCUT2D eigenvalue weighted by atomic mass is 10.0. The SMILES string of the molecule is CC(C)CCCCCCCCCCCCCCCCCCCCC(=O)O[C@H](COC(=O)CCCCCCCCCCCCCCCCCCC(C)C)COP(=O)(O)OCC(O)COP(=O)(O)OC[C@@H](COC(=O)CCCCCCCCC(C)C)OC(=O)CCCCCCCCCCCCCCCCCCCCC(C)C. The number of carbonyl (C=O) groups is 4. The van der Waals surface area contributed by atoms with Gasteiger partial charge in [-0.1, -0.05) is 428 Å². The van der Waals surface area contributed by atoms with Crippen LogP contribution in [0.4, 0.5) is 0 Å². The molecule has 0 fully saturated rings. The standard InChI is InChI=1S/C91H178O17P2/c1-81(2)67-59-51-43-37-31-25-19-13-9-11-15-23-29-35-41-47-57-65-73-90(95)107-86(77-101-88(93)71-63-55-46-40-34-28-22-18-17-21-27-33-39-45-53-61-69-83(5)6)79-105-109(97,98)103-75-85(92)76-104-110(99,100)106-80-87(78-102-89(94)72-64-56-50-49-54-62-70-84(7)8)108-91(96)74-66-58-48-42-36-30-24-16-12-10-14-20-26-32-38-44-52-60-68-82(3)4/h81-87,92H,9-80H2,1-8H3,(H,97,98)(H,99,100)/t85?,86-,87-/m1/s1. The largest absolute Gasteiger partial charge is 0.472 e. The van der Waals surface area contributed by atoms with Crippen LogP contribution in [0, 0.1) is 23.7 Å². The predicted molar refractivity (Wildman–Crippen MR) is 455 cm³/mol. The Kier molecular flexibility index (Phi) is 78.1. The summed E-state index contributed by atoms with van der Waals surface area (Å²) in [6.07, 6.45) is 71.2. The van der Waals surface area contributed by atoms with Gasteiger partial charge >= 0.3 is 39.5 Å². The molecule has 0 spiro atoms. The van der Waals surface area contributed by atoms with Crippen molar-refractivity contribution in [2.24, 2.45) is 23.7 Å². The Bertz CT molecular complexity index is 2130. The van der Waals surface area contributed by atoms with Crippen LogP contribution in [0.5, 0.6) is 0 Å². The van der Waals surface area contributed by atoms with Crippen LogP contribution in [-0.2, 0) is 65.4 Å². The maximum absolute atomic E-state index is 13.2. The molecular weight excluding hydrogens is 1430 g/mol. The Balaban J connectivity index is 5.19. The zero-order valence-electron chi connectivity index (χ0n) is 72.9. The van der Waals surface area contributed by atoms with Crippen LogP contribution in [0.3, 0.4) is 0 Å². The van der Waals surface area contributed by atoms with E-state index >= 15 is 0 Å². The number of phosphoric ester groups is 2. The number of aliphatic hydroxyl groups excluding tert-OH is 1. The fraction of sp³-hybridized carbons (Fsp3) is 0.956. The average molecular weight is 1610 g/mol. The van der Waals surface area contributed by atoms with Gasteiger partial charge in [-0.15, -0.1) is 0 Å². The highest BCUT2D eigenvalue weighted by Gasteiger charge is 2.31. The molecule has 0 rings (SSSR count). The summed E-state index contributed by atoms with van der Waals surface area (Å²) in [6, 6.07) is 0. The van der Waals surface area contributed by atoms with Gasteiger partial charge in [-0.2, -0.15) is 0 Å². The van der Waals surface area contributed by atoms with Gasteiger partial charge in [0.15, 0.2) is 12.2 Å². The molecule has 654 valence electrons. The molecule has 0 bridgehead atoms. The van der Waals surface area contributed by atoms with Crippen LogP contribution in [0.25, 0.3) is 0 Å². The molecule has 0 aromatic heterocycles. The summed E-state index contributed by atoms with van der Waals surface area (Å²) >= 11 is 0. The van der Waals surface area contributed by atoms with Crippen LogP contribution >= 0.6 is 15.6 Å². The molecule has 0 aromatic rings. The van der Waals surface area contributed by atoms with E-state index in [1.165, 1.54) is 276 Å². The molecule has 0 saturated heterocycles. The lowest BCUT2D eigenvalue weighted by molar-refractivity contribution is -0.161. The molecule has 0 heterocycles. The van der Waals surface area contributed by atoms with Gasteiger partial charge in [0.2, 0.25) is 0 Å². The molecule has 0 amide bonds. The van der Waals surface area contributed by atoms with Gasteiger partial charge < -0.3 is 33.8 Å². The first-order valence-electron chi connectivity index (χ1n) is 46.7. The van der Waals surface area contributed by atoms with Gasteiger partial charge in [-0.25, -0.2) is 9.13 Å². The first kappa shape index (κ1) is 108. The van der Waals surface area contributed by atoms with Crippen LogP contribution in [0.1, 0.15) is 479 Å². The van der Waals surface area contributed by atoms with Gasteiger partial charge in [-0.3, -0.25) is 37.3 Å². The van der Waals surface area contributed by atoms with E-state index in [0.717, 1.165) is 114 Å². The third-order valence-electron chi connectivity index (χ3n) is 21.3. The molecule has 5 atom stereocenters. The lowest BCUT2D eigenvalue weighted by Gasteiger charge is -2.21. The topological polar surface area (TPSA) is 237 Å². The molecule has 3 unspecified atom stereocenters. The monoisotopic (exact) mass is 1610 g/mol. The summed E-state index contributed by atoms with van der Waals surface area (Å²) in [7, 11) is -9.94. The van der Waals surface area contributed by atoms with Gasteiger partial charge in [0.05, 0.1) is 26.4 Å². The molecule has 3 N–H and O–H groups in total. The molecule has 0 aliphatic carbocycles. The van der Waals surface area contributed by atoms with Crippen LogP contribution in [-0.4, -0.2) is 96.7 Å². The molecule has 0 saturated carbocycles. The minimum absolute atomic E-state index is 0.107. The van der Waals surface area contributed by atoms with Gasteiger partial charge in [0, 0.05) is 25.7 Å². The molecule has 110 heavy (non-hydrogen) atoms. The molecule has 0 aliphatic heterocycles. The zero-order chi connectivity index (χ0) is 80.9. The first-order valence-corrected chi connectivity index (χ1v) is 49.7. The number of hydrogen-bond donors (Lipinski definition) is 3. The first-order chi connectivity index (χ1) is 53.1. The van der Waals surface area contributed by atoms with E-state index in [1.807, 2.05) is 0 Å². The summed E-state index contributed by atoms with van der Waals surface area (Å²) in [6.45, 7) is 14.3. The molecular formula is C91H178O17P2. The average Bonchev–Trinajstić information content (AvgIpc) is 0.898. The van der Waals surface area contributed by atoms with E-state index in [-0.39, 0.29) is 25.7 Å². The number of unbranched alkanes of at least 4 members (excludes halogenated alkanes) is 54. The lowest BCUT2D eigenvalue weighted by Crippen LogP contribution is -2.30. The minimum atomic E-state index is -4.97. The maximum atomic E-state index is 13.2. The maximum Gasteiger partial charge on any atom is 0.472 e. The summed E-state index contributed by atoms with van der Waals surface area (Å²) in [4.78, 5) is 73.3. The van der Waals surface area contributed by atoms with Gasteiger partial charge in [0.25, 0.3) is 0 Å². The van der Waals surface area contributed by atoms with Crippen LogP contribution < -0.4 is 0 Å². The van der Waals surface area contributed by atoms with Crippen molar-refractivity contribution in [3.8, 4) is 0 Å². The third kappa shape index (κ3) is 84.0. The highest BCUT2D eigenvalue weighted by Crippen LogP contribution is 2.45. The number of carbonyl (C=O) groups excluding carboxylic acids is 4. The number of aliphatic hydroxyl groups is 1. The van der Waals surface area contributed by atoms with Crippen molar-refractivity contribution in [2.75, 3.05) is 39.6 Å². The van der Waals surface area contributed by atoms with E-state index in [0.29, 0.717) is 31.6 Å². The second-order valence-electron chi connectivity index (χ2n) is 34.6. The van der Waals surface area contributed by atoms with Crippen LogP contribution in [0.2, 0.25) is 0 Å². The summed E-state index contributed by atoms with van der Waals surface area (Å²) in [5.41, 5.74) is 0. The Morgan fingerprint density at radius 3 is 0.564 bits per heavy atom. The van der Waals surface area contributed by atoms with E-state index in [4.69, 9.17) is 37.0 Å². The summed E-state index contributed by atoms with van der Waals surface area (Å²) in [5.74, 6) is 1.03. The van der Waals surface area contributed by atoms with Crippen molar-refractivity contribution in [3.05, 3.63) is 0 Å². The van der Waals surface area contributed by atoms with E-state index in [9.17, 15) is 43.2 Å². The number of esters is 4. The normalized spacial score (nSPS) is 13.8. The van der Waals surface area contributed by atoms with Crippen molar-refractivity contribution in [1.82, 2.24) is 0 Å². The Morgan fingerprint density at radius 1 is 0.227 bits per heavy atom. The second kappa shape index (κ2) is 79.5. The van der Waals surface area contributed by atoms with Crippen molar-refractivity contribution in [3.63, 3.8) is 0 Å². The Hall–Kier alpha value is -1.94. The van der Waals surface area contributed by atoms with E-state index in [2.05, 4.69) is 55.4 Å². The number of ether oxygens (including phenoxy) is 4. The molecule has 17 nitrogen and oxygen atoms in total. The number of phosphoric acid groups is 2. The van der Waals surface area contributed by atoms with Gasteiger partial charge in [0.1, 0.15) is 19.3 Å². The minimum Gasteiger partial charge on any atom is -0.462 e. The molecule has 0 aromatic carbocycles. The Labute approximate surface area is 677 Å². The third-order valence-corrected chi connectivity index (χ3v) is 23.2. The smallest absolute Gasteiger partial charge is 0.462 e. The highest BCUT2D eigenvalue weighted by atomic mass is 31.2. The van der Waals surface area contributed by atoms with Crippen LogP contribution in [0.15, 0.2) is 0 Å². The van der Waals surface area contributed by atoms with Gasteiger partial charge in [-0.05, 0) is 49.4 Å². The fourth-order valence-corrected chi connectivity index (χ4v) is 15.8. The number of rotatable bonds is 88. The molecule has 0 radical (unpaired) electrons. The zero-order valence-corrected chi connectivity index (χ0v) is 74.7. The van der Waals surface area contributed by atoms with Crippen molar-refractivity contribution in [2.45, 2.75) is 497 Å². The molecule has 19 heteroatoms. The van der Waals surface area contributed by atoms with E-state index < -0.39 is 97.5 Å². The Morgan fingerprint density at radius 2 is 0.382 bits per heavy atom. The summed E-state index contributed by atoms with van der Waals surface area (Å²) in [5, 5.41) is 10.7. The highest BCUT2D eigenvalue weighted by molar-refractivity contribution is 7.47. The quantitative estimate of drug-likeness (QED) is 0.0222. The number of hydrogen-bond acceptors (Lipinski definition) is 15. The fourth-order valence-electron chi connectivity index (χ4n) is 14.2. The van der Waals surface area contributed by atoms with Crippen molar-refractivity contribution < 1.29 is 80.2 Å². The second-order valence-corrected chi connectivity index (χ2v) is 37.5. The summed E-state index contributed by atoms with van der Waals surface area (Å²) < 4.78 is 69.0. The van der Waals surface area contributed by atoms with Crippen molar-refractivity contribution in [1.29, 1.82) is 0 Å². The van der Waals surface area contributed by atoms with Crippen molar-refractivity contribution >= 4 is 39.5 Å².